The maximum Gasteiger partial charge on any atom is 0.214 e. The largest absolute Gasteiger partial charge is 0.462 e. The van der Waals surface area contributed by atoms with Crippen molar-refractivity contribution < 1.29 is 9.84 Å². The third-order valence-electron chi connectivity index (χ3n) is 7.44. The zero-order valence-electron chi connectivity index (χ0n) is 19.2. The van der Waals surface area contributed by atoms with E-state index in [1.165, 1.54) is 22.3 Å². The number of likely N-dealkylation sites (tertiary alicyclic amines) is 1. The van der Waals surface area contributed by atoms with E-state index >= 15 is 0 Å². The van der Waals surface area contributed by atoms with Gasteiger partial charge in [-0.2, -0.15) is 0 Å². The molecule has 168 valence electrons. The molecule has 2 aromatic carbocycles. The van der Waals surface area contributed by atoms with Crippen molar-refractivity contribution in [3.05, 3.63) is 88.7 Å². The van der Waals surface area contributed by atoms with Gasteiger partial charge < -0.3 is 14.7 Å². The van der Waals surface area contributed by atoms with Crippen LogP contribution in [0.2, 0.25) is 0 Å². The molecule has 32 heavy (non-hydrogen) atoms. The Labute approximate surface area is 191 Å². The van der Waals surface area contributed by atoms with Crippen molar-refractivity contribution in [1.82, 2.24) is 9.80 Å². The Morgan fingerprint density at radius 2 is 1.66 bits per heavy atom. The molecule has 2 aromatic rings. The Hall–Kier alpha value is -2.40. The first kappa shape index (κ1) is 21.4. The van der Waals surface area contributed by atoms with Crippen molar-refractivity contribution in [1.29, 1.82) is 0 Å². The van der Waals surface area contributed by atoms with E-state index in [-0.39, 0.29) is 11.8 Å². The van der Waals surface area contributed by atoms with E-state index < -0.39 is 5.79 Å². The maximum absolute atomic E-state index is 11.9. The molecule has 5 rings (SSSR count). The Balaban J connectivity index is 1.66. The molecule has 0 amide bonds. The van der Waals surface area contributed by atoms with Crippen LogP contribution in [0.4, 0.5) is 0 Å². The fourth-order valence-electron chi connectivity index (χ4n) is 5.65. The third kappa shape index (κ3) is 3.92. The van der Waals surface area contributed by atoms with E-state index in [9.17, 15) is 5.11 Å². The predicted octanol–water partition coefficient (Wildman–Crippen LogP) is 4.50. The number of fused-ring (bicyclic) bond motifs is 1. The van der Waals surface area contributed by atoms with Gasteiger partial charge in [0.15, 0.2) is 0 Å². The van der Waals surface area contributed by atoms with Gasteiger partial charge in [0.05, 0.1) is 0 Å². The average Bonchev–Trinajstić information content (AvgIpc) is 2.83. The van der Waals surface area contributed by atoms with Crippen LogP contribution in [0.15, 0.2) is 77.6 Å². The third-order valence-corrected chi connectivity index (χ3v) is 7.44. The van der Waals surface area contributed by atoms with Gasteiger partial charge in [-0.05, 0) is 35.9 Å². The van der Waals surface area contributed by atoms with Crippen LogP contribution in [0.3, 0.4) is 0 Å². The lowest BCUT2D eigenvalue weighted by molar-refractivity contribution is -0.249. The molecule has 0 radical (unpaired) electrons. The van der Waals surface area contributed by atoms with Crippen LogP contribution in [0.25, 0.3) is 6.08 Å². The number of piperidine rings is 1. The van der Waals surface area contributed by atoms with Crippen molar-refractivity contribution in [2.45, 2.75) is 32.0 Å². The summed E-state index contributed by atoms with van der Waals surface area (Å²) in [5, 5.41) is 11.9. The van der Waals surface area contributed by atoms with Crippen molar-refractivity contribution in [2.75, 3.05) is 39.3 Å². The molecule has 0 aliphatic carbocycles. The van der Waals surface area contributed by atoms with Gasteiger partial charge in [-0.1, -0.05) is 74.5 Å². The van der Waals surface area contributed by atoms with E-state index in [1.54, 1.807) is 0 Å². The lowest BCUT2D eigenvalue weighted by Crippen LogP contribution is -2.58. The first-order valence-corrected chi connectivity index (χ1v) is 12.0. The molecule has 0 unspecified atom stereocenters. The zero-order valence-corrected chi connectivity index (χ0v) is 19.2. The quantitative estimate of drug-likeness (QED) is 0.775. The summed E-state index contributed by atoms with van der Waals surface area (Å²) in [6, 6.07) is 21.2. The Morgan fingerprint density at radius 1 is 0.969 bits per heavy atom. The average molecular weight is 431 g/mol. The summed E-state index contributed by atoms with van der Waals surface area (Å²) in [4.78, 5) is 4.93. The number of likely N-dealkylation sites (N-methyl/N-ethyl adjacent to an activating group) is 1. The van der Waals surface area contributed by atoms with Crippen LogP contribution >= 0.6 is 0 Å². The zero-order chi connectivity index (χ0) is 22.1. The van der Waals surface area contributed by atoms with Crippen molar-refractivity contribution in [3.8, 4) is 0 Å². The number of aliphatic hydroxyl groups is 1. The minimum atomic E-state index is -1.13. The van der Waals surface area contributed by atoms with E-state index in [4.69, 9.17) is 4.74 Å². The van der Waals surface area contributed by atoms with Crippen LogP contribution < -0.4 is 0 Å². The minimum absolute atomic E-state index is 0.0205. The summed E-state index contributed by atoms with van der Waals surface area (Å²) in [5.74, 6) is -0.0362. The second kappa shape index (κ2) is 8.86. The molecule has 3 heterocycles. The molecule has 1 N–H and O–H groups in total. The van der Waals surface area contributed by atoms with Gasteiger partial charge in [0.1, 0.15) is 5.76 Å². The topological polar surface area (TPSA) is 35.9 Å². The minimum Gasteiger partial charge on any atom is -0.462 e. The molecule has 3 atom stereocenters. The van der Waals surface area contributed by atoms with Crippen LogP contribution in [0.1, 0.15) is 37.3 Å². The molecule has 0 bridgehead atoms. The van der Waals surface area contributed by atoms with Crippen molar-refractivity contribution >= 4 is 6.08 Å². The molecule has 4 heteroatoms. The maximum atomic E-state index is 11.9. The van der Waals surface area contributed by atoms with Gasteiger partial charge in [0.2, 0.25) is 5.79 Å². The van der Waals surface area contributed by atoms with Crippen LogP contribution in [-0.2, 0) is 4.74 Å². The first-order valence-electron chi connectivity index (χ1n) is 12.0. The molecule has 3 aliphatic heterocycles. The van der Waals surface area contributed by atoms with Crippen molar-refractivity contribution in [2.24, 2.45) is 5.92 Å². The molecule has 3 aliphatic rings. The fraction of sp³-hybridized carbons (Fsp3) is 0.429. The molecular weight excluding hydrogens is 396 g/mol. The fourth-order valence-corrected chi connectivity index (χ4v) is 5.65. The molecule has 0 aromatic heterocycles. The summed E-state index contributed by atoms with van der Waals surface area (Å²) in [5.41, 5.74) is 4.94. The lowest BCUT2D eigenvalue weighted by Gasteiger charge is -2.53. The Bertz CT molecular complexity index is 1000. The highest BCUT2D eigenvalue weighted by atomic mass is 16.6. The standard InChI is InChI=1S/C28H34N2O2/c1-3-29-16-15-28(31)25(20-29)26(22-13-9-6-10-14-22)24-19-30(4-2)18-23(27(24)32-28)17-21-11-7-5-8-12-21/h5-14,17,25-26,31H,3-4,15-16,18-20H2,1-2H3/b23-17+/t25-,26+,28+/m0/s1. The van der Waals surface area contributed by atoms with Gasteiger partial charge in [-0.25, -0.2) is 0 Å². The Kier molecular flexibility index (Phi) is 5.93. The van der Waals surface area contributed by atoms with Gasteiger partial charge in [-0.15, -0.1) is 0 Å². The van der Waals surface area contributed by atoms with E-state index in [2.05, 4.69) is 84.3 Å². The molecular formula is C28H34N2O2. The van der Waals surface area contributed by atoms with Crippen LogP contribution in [0.5, 0.6) is 0 Å². The number of hydrogen-bond donors (Lipinski definition) is 1. The summed E-state index contributed by atoms with van der Waals surface area (Å²) >= 11 is 0. The molecule has 4 nitrogen and oxygen atoms in total. The number of ether oxygens (including phenoxy) is 1. The highest BCUT2D eigenvalue weighted by Crippen LogP contribution is 2.51. The number of nitrogens with zero attached hydrogens (tertiary/aromatic N) is 2. The monoisotopic (exact) mass is 430 g/mol. The van der Waals surface area contributed by atoms with E-state index in [0.29, 0.717) is 6.42 Å². The highest BCUT2D eigenvalue weighted by molar-refractivity contribution is 5.61. The smallest absolute Gasteiger partial charge is 0.214 e. The first-order chi connectivity index (χ1) is 15.6. The summed E-state index contributed by atoms with van der Waals surface area (Å²) < 4.78 is 6.62. The molecule has 1 saturated heterocycles. The van der Waals surface area contributed by atoms with Crippen molar-refractivity contribution in [3.63, 3.8) is 0 Å². The van der Waals surface area contributed by atoms with Gasteiger partial charge in [-0.3, -0.25) is 4.90 Å². The van der Waals surface area contributed by atoms with Gasteiger partial charge in [0.25, 0.3) is 0 Å². The molecule has 0 saturated carbocycles. The van der Waals surface area contributed by atoms with E-state index in [1.807, 2.05) is 6.07 Å². The highest BCUT2D eigenvalue weighted by Gasteiger charge is 2.53. The normalized spacial score (nSPS) is 30.0. The Morgan fingerprint density at radius 3 is 2.34 bits per heavy atom. The van der Waals surface area contributed by atoms with E-state index in [0.717, 1.165) is 45.0 Å². The summed E-state index contributed by atoms with van der Waals surface area (Å²) in [6.45, 7) is 9.86. The number of hydrogen-bond acceptors (Lipinski definition) is 4. The summed E-state index contributed by atoms with van der Waals surface area (Å²) in [7, 11) is 0. The predicted molar refractivity (Wildman–Crippen MR) is 129 cm³/mol. The van der Waals surface area contributed by atoms with Crippen LogP contribution in [-0.4, -0.2) is 60.0 Å². The number of rotatable bonds is 4. The van der Waals surface area contributed by atoms with Gasteiger partial charge >= 0.3 is 0 Å². The second-order valence-corrected chi connectivity index (χ2v) is 9.32. The van der Waals surface area contributed by atoms with Crippen LogP contribution in [0, 0.1) is 5.92 Å². The molecule has 0 spiro atoms. The van der Waals surface area contributed by atoms with Gasteiger partial charge in [0, 0.05) is 50.0 Å². The second-order valence-electron chi connectivity index (χ2n) is 9.32. The number of benzene rings is 2. The molecule has 1 fully saturated rings. The SMILES string of the molecule is CCN1CC2=C(O[C@]3(O)CCN(CC)C[C@H]3[C@@H]2c2ccccc2)/C(=C/c2ccccc2)C1. The lowest BCUT2D eigenvalue weighted by atomic mass is 9.70. The summed E-state index contributed by atoms with van der Waals surface area (Å²) in [6.07, 6.45) is 2.88.